The van der Waals surface area contributed by atoms with Crippen molar-refractivity contribution in [2.75, 3.05) is 19.7 Å². The number of benzene rings is 1. The summed E-state index contributed by atoms with van der Waals surface area (Å²) in [6.07, 6.45) is -2.45. The first-order valence-electron chi connectivity index (χ1n) is 7.84. The van der Waals surface area contributed by atoms with Crippen LogP contribution in [0.3, 0.4) is 0 Å². The van der Waals surface area contributed by atoms with Gasteiger partial charge in [-0.05, 0) is 30.2 Å². The highest BCUT2D eigenvalue weighted by molar-refractivity contribution is 6.30. The van der Waals surface area contributed by atoms with E-state index in [9.17, 15) is 18.0 Å². The van der Waals surface area contributed by atoms with Crippen LogP contribution in [0.2, 0.25) is 5.02 Å². The number of nitrogens with zero attached hydrogens (tertiary/aromatic N) is 2. The third-order valence-corrected chi connectivity index (χ3v) is 3.98. The molecule has 1 saturated heterocycles. The van der Waals surface area contributed by atoms with Crippen molar-refractivity contribution < 1.29 is 22.7 Å². The standard InChI is InChI=1S/C17H15ClF3N3O2/c18-13-4-2-11(3-5-13)14-8-12(16(25)24-7-1-6-23-24)9-22-15(14)26-10-17(19,20)21/h2-5,8-9,23H,1,6-7,10H2. The van der Waals surface area contributed by atoms with Crippen LogP contribution in [-0.2, 0) is 0 Å². The van der Waals surface area contributed by atoms with E-state index in [1.54, 1.807) is 24.3 Å². The summed E-state index contributed by atoms with van der Waals surface area (Å²) in [7, 11) is 0. The molecule has 3 rings (SSSR count). The van der Waals surface area contributed by atoms with Crippen molar-refractivity contribution in [1.82, 2.24) is 15.4 Å². The maximum Gasteiger partial charge on any atom is 0.422 e. The molecule has 0 bridgehead atoms. The molecule has 1 aromatic carbocycles. The quantitative estimate of drug-likeness (QED) is 0.872. The Labute approximate surface area is 152 Å². The van der Waals surface area contributed by atoms with E-state index < -0.39 is 12.8 Å². The molecule has 9 heteroatoms. The second-order valence-corrected chi connectivity index (χ2v) is 6.14. The summed E-state index contributed by atoms with van der Waals surface area (Å²) in [5.74, 6) is -0.497. The number of carbonyl (C=O) groups excluding carboxylic acids is 1. The maximum absolute atomic E-state index is 12.5. The molecule has 0 atom stereocenters. The van der Waals surface area contributed by atoms with Gasteiger partial charge in [0, 0.05) is 29.9 Å². The number of ether oxygens (including phenoxy) is 1. The Kier molecular flexibility index (Phi) is 5.33. The fraction of sp³-hybridized carbons (Fsp3) is 0.294. The molecule has 0 aliphatic carbocycles. The summed E-state index contributed by atoms with van der Waals surface area (Å²) < 4.78 is 42.3. The van der Waals surface area contributed by atoms with Gasteiger partial charge in [0.15, 0.2) is 6.61 Å². The van der Waals surface area contributed by atoms with Gasteiger partial charge in [-0.1, -0.05) is 23.7 Å². The molecule has 0 unspecified atom stereocenters. The summed E-state index contributed by atoms with van der Waals surface area (Å²) in [4.78, 5) is 16.4. The molecule has 1 aliphatic rings. The third-order valence-electron chi connectivity index (χ3n) is 3.73. The van der Waals surface area contributed by atoms with E-state index in [-0.39, 0.29) is 22.9 Å². The Hall–Kier alpha value is -2.32. The molecule has 1 amide bonds. The Bertz CT molecular complexity index is 791. The van der Waals surface area contributed by atoms with Crippen LogP contribution in [0.4, 0.5) is 13.2 Å². The number of halogens is 4. The highest BCUT2D eigenvalue weighted by atomic mass is 35.5. The van der Waals surface area contributed by atoms with Crippen molar-refractivity contribution in [2.45, 2.75) is 12.6 Å². The fourth-order valence-electron chi connectivity index (χ4n) is 2.53. The monoisotopic (exact) mass is 385 g/mol. The molecule has 1 fully saturated rings. The van der Waals surface area contributed by atoms with E-state index >= 15 is 0 Å². The van der Waals surface area contributed by atoms with E-state index in [1.165, 1.54) is 17.3 Å². The first-order valence-corrected chi connectivity index (χ1v) is 8.22. The predicted molar refractivity (Wildman–Crippen MR) is 89.9 cm³/mol. The van der Waals surface area contributed by atoms with Crippen LogP contribution >= 0.6 is 11.6 Å². The van der Waals surface area contributed by atoms with Gasteiger partial charge in [0.25, 0.3) is 5.91 Å². The lowest BCUT2D eigenvalue weighted by Crippen LogP contribution is -2.36. The van der Waals surface area contributed by atoms with Gasteiger partial charge in [-0.25, -0.2) is 10.4 Å². The summed E-state index contributed by atoms with van der Waals surface area (Å²) in [5.41, 5.74) is 4.03. The molecule has 5 nitrogen and oxygen atoms in total. The lowest BCUT2D eigenvalue weighted by Gasteiger charge is -2.17. The van der Waals surface area contributed by atoms with Crippen molar-refractivity contribution in [3.05, 3.63) is 47.1 Å². The molecular formula is C17H15ClF3N3O2. The van der Waals surface area contributed by atoms with Crippen LogP contribution in [-0.4, -0.2) is 41.8 Å². The molecule has 2 heterocycles. The van der Waals surface area contributed by atoms with Gasteiger partial charge in [-0.3, -0.25) is 9.80 Å². The van der Waals surface area contributed by atoms with Crippen molar-refractivity contribution >= 4 is 17.5 Å². The Morgan fingerprint density at radius 2 is 2.04 bits per heavy atom. The van der Waals surface area contributed by atoms with E-state index in [4.69, 9.17) is 16.3 Å². The second kappa shape index (κ2) is 7.51. The minimum Gasteiger partial charge on any atom is -0.468 e. The first kappa shape index (κ1) is 18.5. The average Bonchev–Trinajstić information content (AvgIpc) is 3.14. The number of alkyl halides is 3. The van der Waals surface area contributed by atoms with Crippen LogP contribution in [0.15, 0.2) is 36.5 Å². The van der Waals surface area contributed by atoms with Crippen LogP contribution < -0.4 is 10.2 Å². The number of pyridine rings is 1. The summed E-state index contributed by atoms with van der Waals surface area (Å²) in [6.45, 7) is -0.223. The van der Waals surface area contributed by atoms with E-state index in [0.29, 0.717) is 23.7 Å². The molecule has 138 valence electrons. The summed E-state index contributed by atoms with van der Waals surface area (Å²) in [6, 6.07) is 7.93. The zero-order valence-corrected chi connectivity index (χ0v) is 14.3. The van der Waals surface area contributed by atoms with E-state index in [2.05, 4.69) is 10.4 Å². The van der Waals surface area contributed by atoms with E-state index in [0.717, 1.165) is 6.42 Å². The van der Waals surface area contributed by atoms with Gasteiger partial charge in [0.1, 0.15) is 0 Å². The topological polar surface area (TPSA) is 54.5 Å². The van der Waals surface area contributed by atoms with Gasteiger partial charge >= 0.3 is 6.18 Å². The van der Waals surface area contributed by atoms with Crippen molar-refractivity contribution in [3.8, 4) is 17.0 Å². The molecule has 26 heavy (non-hydrogen) atoms. The number of aromatic nitrogens is 1. The number of hydrazine groups is 1. The normalized spacial score (nSPS) is 14.5. The molecule has 0 spiro atoms. The summed E-state index contributed by atoms with van der Waals surface area (Å²) >= 11 is 5.86. The largest absolute Gasteiger partial charge is 0.468 e. The van der Waals surface area contributed by atoms with Gasteiger partial charge in [0.2, 0.25) is 5.88 Å². The lowest BCUT2D eigenvalue weighted by molar-refractivity contribution is -0.154. The number of amides is 1. The summed E-state index contributed by atoms with van der Waals surface area (Å²) in [5, 5.41) is 1.94. The third kappa shape index (κ3) is 4.44. The molecule has 2 aromatic rings. The van der Waals surface area contributed by atoms with E-state index in [1.807, 2.05) is 0 Å². The second-order valence-electron chi connectivity index (χ2n) is 5.71. The average molecular weight is 386 g/mol. The van der Waals surface area contributed by atoms with Gasteiger partial charge < -0.3 is 4.74 Å². The van der Waals surface area contributed by atoms with Crippen molar-refractivity contribution in [1.29, 1.82) is 0 Å². The van der Waals surface area contributed by atoms with Crippen LogP contribution in [0.25, 0.3) is 11.1 Å². The fourth-order valence-corrected chi connectivity index (χ4v) is 2.66. The van der Waals surface area contributed by atoms with Crippen LogP contribution in [0.1, 0.15) is 16.8 Å². The number of hydrogen-bond donors (Lipinski definition) is 1. The molecule has 0 radical (unpaired) electrons. The van der Waals surface area contributed by atoms with Crippen LogP contribution in [0.5, 0.6) is 5.88 Å². The Morgan fingerprint density at radius 1 is 1.31 bits per heavy atom. The van der Waals surface area contributed by atoms with Crippen molar-refractivity contribution in [2.24, 2.45) is 0 Å². The van der Waals surface area contributed by atoms with Crippen molar-refractivity contribution in [3.63, 3.8) is 0 Å². The lowest BCUT2D eigenvalue weighted by atomic mass is 10.0. The SMILES string of the molecule is O=C(c1cnc(OCC(F)(F)F)c(-c2ccc(Cl)cc2)c1)N1CCCN1. The van der Waals surface area contributed by atoms with Gasteiger partial charge in [-0.2, -0.15) is 13.2 Å². The highest BCUT2D eigenvalue weighted by Crippen LogP contribution is 2.31. The van der Waals surface area contributed by atoms with Gasteiger partial charge in [-0.15, -0.1) is 0 Å². The molecule has 1 N–H and O–H groups in total. The molecule has 1 aromatic heterocycles. The Balaban J connectivity index is 1.96. The minimum atomic E-state index is -4.49. The minimum absolute atomic E-state index is 0.199. The zero-order valence-electron chi connectivity index (χ0n) is 13.5. The number of nitrogens with one attached hydrogen (secondary N) is 1. The van der Waals surface area contributed by atoms with Crippen LogP contribution in [0, 0.1) is 0 Å². The highest BCUT2D eigenvalue weighted by Gasteiger charge is 2.29. The van der Waals surface area contributed by atoms with Gasteiger partial charge in [0.05, 0.1) is 5.56 Å². The maximum atomic E-state index is 12.5. The molecular weight excluding hydrogens is 371 g/mol. The first-order chi connectivity index (χ1) is 12.3. The number of carbonyl (C=O) groups is 1. The Morgan fingerprint density at radius 3 is 2.65 bits per heavy atom. The smallest absolute Gasteiger partial charge is 0.422 e. The molecule has 0 saturated carbocycles. The predicted octanol–water partition coefficient (Wildman–Crippen LogP) is 3.69. The number of hydrogen-bond acceptors (Lipinski definition) is 4. The zero-order chi connectivity index (χ0) is 18.7. The number of rotatable bonds is 4. The molecule has 1 aliphatic heterocycles.